The Labute approximate surface area is 212 Å². The zero-order valence-corrected chi connectivity index (χ0v) is 21.6. The SMILES string of the molecule is CC[C@H](C)[C@H](N)C(=O)N[C@H](C(=O)N1CCC[C@H]1C(=O)N[C@@H](Cc1ccc(O)cc1)C(=O)O)[C@@H](C)CC. The summed E-state index contributed by atoms with van der Waals surface area (Å²) in [7, 11) is 0. The van der Waals surface area contributed by atoms with Crippen LogP contribution in [0.3, 0.4) is 0 Å². The first-order chi connectivity index (χ1) is 17.0. The molecule has 1 aliphatic heterocycles. The van der Waals surface area contributed by atoms with Crippen molar-refractivity contribution >= 4 is 23.7 Å². The van der Waals surface area contributed by atoms with E-state index in [2.05, 4.69) is 10.6 Å². The van der Waals surface area contributed by atoms with E-state index in [0.717, 1.165) is 6.42 Å². The monoisotopic (exact) mass is 504 g/mol. The summed E-state index contributed by atoms with van der Waals surface area (Å²) in [5.41, 5.74) is 6.71. The number of likely N-dealkylation sites (tertiary alicyclic amines) is 1. The fraction of sp³-hybridized carbons (Fsp3) is 0.615. The highest BCUT2D eigenvalue weighted by atomic mass is 16.4. The lowest BCUT2D eigenvalue weighted by molar-refractivity contribution is -0.145. The molecule has 0 spiro atoms. The molecule has 10 heteroatoms. The predicted molar refractivity (Wildman–Crippen MR) is 135 cm³/mol. The summed E-state index contributed by atoms with van der Waals surface area (Å²) >= 11 is 0. The van der Waals surface area contributed by atoms with Gasteiger partial charge in [0.1, 0.15) is 23.9 Å². The van der Waals surface area contributed by atoms with Crippen molar-refractivity contribution in [1.29, 1.82) is 0 Å². The number of hydrogen-bond donors (Lipinski definition) is 5. The lowest BCUT2D eigenvalue weighted by atomic mass is 9.95. The molecule has 3 amide bonds. The van der Waals surface area contributed by atoms with Crippen LogP contribution >= 0.6 is 0 Å². The van der Waals surface area contributed by atoms with E-state index in [1.165, 1.54) is 17.0 Å². The smallest absolute Gasteiger partial charge is 0.326 e. The second-order valence-corrected chi connectivity index (χ2v) is 9.74. The van der Waals surface area contributed by atoms with Gasteiger partial charge in [-0.25, -0.2) is 4.79 Å². The van der Waals surface area contributed by atoms with E-state index >= 15 is 0 Å². The van der Waals surface area contributed by atoms with Crippen molar-refractivity contribution in [2.45, 2.75) is 84.0 Å². The Bertz CT molecular complexity index is 922. The van der Waals surface area contributed by atoms with Crippen molar-refractivity contribution in [3.8, 4) is 5.75 Å². The van der Waals surface area contributed by atoms with Crippen molar-refractivity contribution in [2.75, 3.05) is 6.54 Å². The Morgan fingerprint density at radius 3 is 2.22 bits per heavy atom. The van der Waals surface area contributed by atoms with Gasteiger partial charge in [0.2, 0.25) is 17.7 Å². The maximum Gasteiger partial charge on any atom is 0.326 e. The third-order valence-corrected chi connectivity index (χ3v) is 7.17. The van der Waals surface area contributed by atoms with Gasteiger partial charge >= 0.3 is 5.97 Å². The number of carbonyl (C=O) groups excluding carboxylic acids is 3. The van der Waals surface area contributed by atoms with Crippen molar-refractivity contribution in [3.63, 3.8) is 0 Å². The second kappa shape index (κ2) is 13.2. The number of carboxylic acids is 1. The van der Waals surface area contributed by atoms with Crippen LogP contribution < -0.4 is 16.4 Å². The summed E-state index contributed by atoms with van der Waals surface area (Å²) in [4.78, 5) is 52.7. The number of aliphatic carboxylic acids is 1. The fourth-order valence-corrected chi connectivity index (χ4v) is 4.26. The molecular formula is C26H40N4O6. The number of nitrogens with one attached hydrogen (secondary N) is 2. The molecule has 6 N–H and O–H groups in total. The van der Waals surface area contributed by atoms with Gasteiger partial charge in [-0.15, -0.1) is 0 Å². The van der Waals surface area contributed by atoms with Crippen molar-refractivity contribution in [3.05, 3.63) is 29.8 Å². The fourth-order valence-electron chi connectivity index (χ4n) is 4.26. The lowest BCUT2D eigenvalue weighted by Gasteiger charge is -2.32. The van der Waals surface area contributed by atoms with E-state index in [1.54, 1.807) is 12.1 Å². The highest BCUT2D eigenvalue weighted by Crippen LogP contribution is 2.22. The first-order valence-electron chi connectivity index (χ1n) is 12.7. The summed E-state index contributed by atoms with van der Waals surface area (Å²) in [5.74, 6) is -2.68. The zero-order chi connectivity index (χ0) is 27.0. The molecule has 6 atom stereocenters. The third kappa shape index (κ3) is 7.43. The van der Waals surface area contributed by atoms with E-state index in [4.69, 9.17) is 5.73 Å². The molecule has 1 saturated heterocycles. The molecule has 1 fully saturated rings. The maximum absolute atomic E-state index is 13.6. The first-order valence-corrected chi connectivity index (χ1v) is 12.7. The van der Waals surface area contributed by atoms with E-state index in [9.17, 15) is 29.4 Å². The topological polar surface area (TPSA) is 162 Å². The van der Waals surface area contributed by atoms with Gasteiger partial charge < -0.3 is 31.5 Å². The van der Waals surface area contributed by atoms with E-state index in [0.29, 0.717) is 31.4 Å². The van der Waals surface area contributed by atoms with Crippen molar-refractivity contribution < 1.29 is 29.4 Å². The lowest BCUT2D eigenvalue weighted by Crippen LogP contribution is -2.59. The molecule has 200 valence electrons. The third-order valence-electron chi connectivity index (χ3n) is 7.17. The summed E-state index contributed by atoms with van der Waals surface area (Å²) in [6.45, 7) is 7.94. The number of carbonyl (C=O) groups is 4. The van der Waals surface area contributed by atoms with Crippen LogP contribution in [0.15, 0.2) is 24.3 Å². The molecule has 0 aliphatic carbocycles. The predicted octanol–water partition coefficient (Wildman–Crippen LogP) is 1.40. The number of carboxylic acid groups (broad SMARTS) is 1. The van der Waals surface area contributed by atoms with Crippen LogP contribution in [-0.4, -0.2) is 69.5 Å². The molecule has 0 bridgehead atoms. The maximum atomic E-state index is 13.6. The van der Waals surface area contributed by atoms with E-state index in [-0.39, 0.29) is 29.9 Å². The Morgan fingerprint density at radius 2 is 1.67 bits per heavy atom. The normalized spacial score (nSPS) is 19.6. The van der Waals surface area contributed by atoms with Crippen LogP contribution in [0.1, 0.15) is 58.9 Å². The Kier molecular flexibility index (Phi) is 10.7. The molecule has 1 aromatic carbocycles. The number of phenols is 1. The molecule has 1 aliphatic rings. The minimum atomic E-state index is -1.20. The van der Waals surface area contributed by atoms with Crippen LogP contribution in [0.25, 0.3) is 0 Å². The van der Waals surface area contributed by atoms with Gasteiger partial charge in [-0.05, 0) is 42.4 Å². The van der Waals surface area contributed by atoms with Crippen LogP contribution in [0.5, 0.6) is 5.75 Å². The number of aromatic hydroxyl groups is 1. The Balaban J connectivity index is 2.15. The number of nitrogens with two attached hydrogens (primary N) is 1. The van der Waals surface area contributed by atoms with Crippen LogP contribution in [0, 0.1) is 11.8 Å². The summed E-state index contributed by atoms with van der Waals surface area (Å²) in [6.07, 6.45) is 2.37. The van der Waals surface area contributed by atoms with Gasteiger partial charge in [0, 0.05) is 13.0 Å². The van der Waals surface area contributed by atoms with Crippen LogP contribution in [-0.2, 0) is 25.6 Å². The van der Waals surface area contributed by atoms with Gasteiger partial charge in [0.15, 0.2) is 0 Å². The number of benzene rings is 1. The highest BCUT2D eigenvalue weighted by molar-refractivity contribution is 5.94. The summed E-state index contributed by atoms with van der Waals surface area (Å²) in [5, 5.41) is 24.5. The van der Waals surface area contributed by atoms with Crippen molar-refractivity contribution in [2.24, 2.45) is 17.6 Å². The Hall–Kier alpha value is -3.14. The quantitative estimate of drug-likeness (QED) is 0.287. The number of rotatable bonds is 12. The van der Waals surface area contributed by atoms with E-state index < -0.39 is 42.0 Å². The second-order valence-electron chi connectivity index (χ2n) is 9.74. The first kappa shape index (κ1) is 29.1. The number of hydrogen-bond acceptors (Lipinski definition) is 6. The molecule has 0 saturated carbocycles. The van der Waals surface area contributed by atoms with Gasteiger partial charge in [-0.1, -0.05) is 52.7 Å². The van der Waals surface area contributed by atoms with Crippen molar-refractivity contribution in [1.82, 2.24) is 15.5 Å². The Morgan fingerprint density at radius 1 is 1.06 bits per heavy atom. The number of amides is 3. The molecule has 0 unspecified atom stereocenters. The molecule has 0 aromatic heterocycles. The van der Waals surface area contributed by atoms with Crippen LogP contribution in [0.2, 0.25) is 0 Å². The molecule has 2 rings (SSSR count). The molecule has 36 heavy (non-hydrogen) atoms. The minimum Gasteiger partial charge on any atom is -0.508 e. The molecule has 0 radical (unpaired) electrons. The summed E-state index contributed by atoms with van der Waals surface area (Å²) < 4.78 is 0. The minimum absolute atomic E-state index is 0.0288. The van der Waals surface area contributed by atoms with E-state index in [1.807, 2.05) is 27.7 Å². The standard InChI is InChI=1S/C26H40N4O6/c1-5-15(3)21(27)24(33)29-22(16(4)6-2)25(34)30-13-7-8-20(30)23(32)28-19(26(35)36)14-17-9-11-18(31)12-10-17/h9-12,15-16,19-22,31H,5-8,13-14,27H2,1-4H3,(H,28,32)(H,29,33)(H,35,36)/t15-,16-,19-,20-,21-,22-/m0/s1. The summed E-state index contributed by atoms with van der Waals surface area (Å²) in [6, 6.07) is 2.47. The molecular weight excluding hydrogens is 464 g/mol. The molecule has 1 heterocycles. The largest absolute Gasteiger partial charge is 0.508 e. The van der Waals surface area contributed by atoms with Gasteiger partial charge in [0.25, 0.3) is 0 Å². The van der Waals surface area contributed by atoms with Gasteiger partial charge in [-0.3, -0.25) is 14.4 Å². The zero-order valence-electron chi connectivity index (χ0n) is 21.6. The average Bonchev–Trinajstić information content (AvgIpc) is 3.36. The van der Waals surface area contributed by atoms with Gasteiger partial charge in [-0.2, -0.15) is 0 Å². The number of nitrogens with zero attached hydrogens (tertiary/aromatic N) is 1. The number of phenolic OH excluding ortho intramolecular Hbond substituents is 1. The molecule has 10 nitrogen and oxygen atoms in total. The van der Waals surface area contributed by atoms with Crippen LogP contribution in [0.4, 0.5) is 0 Å². The highest BCUT2D eigenvalue weighted by Gasteiger charge is 2.40. The average molecular weight is 505 g/mol. The molecule has 1 aromatic rings. The van der Waals surface area contributed by atoms with Gasteiger partial charge in [0.05, 0.1) is 6.04 Å².